The normalized spacial score (nSPS) is 57.9. The molecule has 0 aliphatic heterocycles. The van der Waals surface area contributed by atoms with E-state index in [0.717, 1.165) is 30.6 Å². The van der Waals surface area contributed by atoms with E-state index in [4.69, 9.17) is 0 Å². The zero-order valence-corrected chi connectivity index (χ0v) is 14.4. The van der Waals surface area contributed by atoms with Crippen LogP contribution in [0.2, 0.25) is 0 Å². The Labute approximate surface area is 134 Å². The first-order chi connectivity index (χ1) is 10.4. The average molecular weight is 306 g/mol. The lowest BCUT2D eigenvalue weighted by Crippen LogP contribution is -2.53. The number of ketones is 1. The van der Waals surface area contributed by atoms with Gasteiger partial charge in [0.2, 0.25) is 0 Å². The van der Waals surface area contributed by atoms with Gasteiger partial charge in [-0.1, -0.05) is 27.2 Å². The van der Waals surface area contributed by atoms with Crippen molar-refractivity contribution in [3.05, 3.63) is 0 Å². The summed E-state index contributed by atoms with van der Waals surface area (Å²) in [5, 5.41) is 0. The SMILES string of the molecule is C[C@H]1CC[C@@]2(C)[C@@H](CC[C@@H]3[C@@H]2CC[C@]2(C)C(=O)[C@H](F)C[C@@H]32)C1. The number of hydrogen-bond acceptors (Lipinski definition) is 1. The Balaban J connectivity index is 1.64. The quantitative estimate of drug-likeness (QED) is 0.602. The molecule has 0 spiro atoms. The van der Waals surface area contributed by atoms with Crippen molar-refractivity contribution in [3.8, 4) is 0 Å². The largest absolute Gasteiger partial charge is 0.296 e. The second kappa shape index (κ2) is 4.80. The minimum absolute atomic E-state index is 0.0690. The summed E-state index contributed by atoms with van der Waals surface area (Å²) in [6.07, 6.45) is 8.13. The molecule has 0 heterocycles. The Morgan fingerprint density at radius 2 is 1.77 bits per heavy atom. The molecule has 4 rings (SSSR count). The van der Waals surface area contributed by atoms with Crippen LogP contribution in [0.4, 0.5) is 4.39 Å². The molecule has 1 nitrogen and oxygen atoms in total. The van der Waals surface area contributed by atoms with E-state index in [0.29, 0.717) is 23.7 Å². The molecule has 0 saturated heterocycles. The van der Waals surface area contributed by atoms with E-state index in [2.05, 4.69) is 20.8 Å². The van der Waals surface area contributed by atoms with Gasteiger partial charge in [0.05, 0.1) is 0 Å². The molecule has 8 atom stereocenters. The van der Waals surface area contributed by atoms with E-state index in [9.17, 15) is 9.18 Å². The fourth-order valence-electron chi connectivity index (χ4n) is 7.22. The third-order valence-corrected chi connectivity index (χ3v) is 8.63. The third-order valence-electron chi connectivity index (χ3n) is 8.63. The molecule has 0 aromatic heterocycles. The average Bonchev–Trinajstić information content (AvgIpc) is 2.72. The number of rotatable bonds is 0. The molecule has 0 radical (unpaired) electrons. The fourth-order valence-corrected chi connectivity index (χ4v) is 7.22. The lowest BCUT2D eigenvalue weighted by Gasteiger charge is -2.60. The van der Waals surface area contributed by atoms with Gasteiger partial charge >= 0.3 is 0 Å². The molecule has 0 amide bonds. The first kappa shape index (κ1) is 15.1. The van der Waals surface area contributed by atoms with Gasteiger partial charge in [-0.3, -0.25) is 4.79 Å². The van der Waals surface area contributed by atoms with Crippen molar-refractivity contribution in [2.24, 2.45) is 40.4 Å². The first-order valence-corrected chi connectivity index (χ1v) is 9.54. The van der Waals surface area contributed by atoms with Crippen molar-refractivity contribution < 1.29 is 9.18 Å². The number of hydrogen-bond donors (Lipinski definition) is 0. The molecular weight excluding hydrogens is 275 g/mol. The standard InChI is InChI=1S/C20H31FO/c1-12-6-8-19(2)13(10-12)4-5-14-15(19)7-9-20(3)16(14)11-17(21)18(20)22/h12-17H,4-11H2,1-3H3/t12-,13-,14+,15-,16-,17+,19-,20-/m0/s1. The molecule has 4 aliphatic carbocycles. The molecule has 0 aromatic rings. The van der Waals surface area contributed by atoms with Crippen molar-refractivity contribution >= 4 is 5.78 Å². The van der Waals surface area contributed by atoms with Crippen molar-refractivity contribution in [2.45, 2.75) is 78.3 Å². The number of Topliss-reactive ketones (excluding diaryl/α,β-unsaturated/α-hetero) is 1. The summed E-state index contributed by atoms with van der Waals surface area (Å²) >= 11 is 0. The van der Waals surface area contributed by atoms with E-state index < -0.39 is 6.17 Å². The number of carbonyl (C=O) groups is 1. The second-order valence-corrected chi connectivity index (χ2v) is 9.56. The van der Waals surface area contributed by atoms with Crippen LogP contribution in [0.5, 0.6) is 0 Å². The Morgan fingerprint density at radius 1 is 1.00 bits per heavy atom. The van der Waals surface area contributed by atoms with Crippen LogP contribution in [0.1, 0.15) is 72.1 Å². The van der Waals surface area contributed by atoms with E-state index in [1.54, 1.807) is 0 Å². The highest BCUT2D eigenvalue weighted by atomic mass is 19.1. The maximum absolute atomic E-state index is 14.2. The maximum Gasteiger partial charge on any atom is 0.173 e. The highest BCUT2D eigenvalue weighted by molar-refractivity contribution is 5.91. The molecule has 22 heavy (non-hydrogen) atoms. The molecule has 4 fully saturated rings. The van der Waals surface area contributed by atoms with Crippen LogP contribution in [0.25, 0.3) is 0 Å². The van der Waals surface area contributed by atoms with Gasteiger partial charge in [-0.2, -0.15) is 0 Å². The smallest absolute Gasteiger partial charge is 0.173 e. The van der Waals surface area contributed by atoms with Gasteiger partial charge in [-0.15, -0.1) is 0 Å². The monoisotopic (exact) mass is 306 g/mol. The van der Waals surface area contributed by atoms with Gasteiger partial charge in [-0.05, 0) is 80.0 Å². The van der Waals surface area contributed by atoms with Crippen LogP contribution in [0, 0.1) is 40.4 Å². The second-order valence-electron chi connectivity index (χ2n) is 9.56. The minimum atomic E-state index is -1.18. The molecule has 4 saturated carbocycles. The molecule has 0 bridgehead atoms. The van der Waals surface area contributed by atoms with E-state index >= 15 is 0 Å². The Bertz CT molecular complexity index is 488. The van der Waals surface area contributed by atoms with Crippen LogP contribution < -0.4 is 0 Å². The van der Waals surface area contributed by atoms with Crippen molar-refractivity contribution in [1.82, 2.24) is 0 Å². The van der Waals surface area contributed by atoms with Crippen molar-refractivity contribution in [2.75, 3.05) is 0 Å². The van der Waals surface area contributed by atoms with Gasteiger partial charge in [-0.25, -0.2) is 4.39 Å². The van der Waals surface area contributed by atoms with E-state index in [1.165, 1.54) is 32.1 Å². The number of fused-ring (bicyclic) bond motifs is 5. The topological polar surface area (TPSA) is 17.1 Å². The van der Waals surface area contributed by atoms with E-state index in [1.807, 2.05) is 0 Å². The summed E-state index contributed by atoms with van der Waals surface area (Å²) in [6.45, 7) is 7.02. The zero-order valence-electron chi connectivity index (χ0n) is 14.4. The van der Waals surface area contributed by atoms with E-state index in [-0.39, 0.29) is 11.2 Å². The predicted molar refractivity (Wildman–Crippen MR) is 86.2 cm³/mol. The predicted octanol–water partition coefficient (Wildman–Crippen LogP) is 5.18. The van der Waals surface area contributed by atoms with Crippen molar-refractivity contribution in [3.63, 3.8) is 0 Å². The van der Waals surface area contributed by atoms with Crippen molar-refractivity contribution in [1.29, 1.82) is 0 Å². The highest BCUT2D eigenvalue weighted by Gasteiger charge is 2.62. The molecule has 124 valence electrons. The number of alkyl halides is 1. The Kier molecular flexibility index (Phi) is 3.31. The lowest BCUT2D eigenvalue weighted by molar-refractivity contribution is -0.141. The summed E-state index contributed by atoms with van der Waals surface area (Å²) in [4.78, 5) is 12.4. The van der Waals surface area contributed by atoms with Gasteiger partial charge in [0.25, 0.3) is 0 Å². The zero-order chi connectivity index (χ0) is 15.7. The molecular formula is C20H31FO. The fraction of sp³-hybridized carbons (Fsp3) is 0.950. The minimum Gasteiger partial charge on any atom is -0.296 e. The molecule has 0 N–H and O–H groups in total. The molecule has 4 aliphatic rings. The maximum atomic E-state index is 14.2. The molecule has 0 unspecified atom stereocenters. The van der Waals surface area contributed by atoms with Gasteiger partial charge in [0.1, 0.15) is 0 Å². The molecule has 2 heteroatoms. The first-order valence-electron chi connectivity index (χ1n) is 9.54. The van der Waals surface area contributed by atoms with Crippen LogP contribution in [0.3, 0.4) is 0 Å². The number of carbonyl (C=O) groups excluding carboxylic acids is 1. The summed E-state index contributed by atoms with van der Waals surface area (Å²) in [5.74, 6) is 3.37. The molecule has 0 aromatic carbocycles. The van der Waals surface area contributed by atoms with Crippen LogP contribution in [-0.2, 0) is 4.79 Å². The Hall–Kier alpha value is -0.400. The number of halogens is 1. The van der Waals surface area contributed by atoms with Crippen LogP contribution >= 0.6 is 0 Å². The van der Waals surface area contributed by atoms with Gasteiger partial charge in [0.15, 0.2) is 12.0 Å². The highest BCUT2D eigenvalue weighted by Crippen LogP contribution is 2.66. The van der Waals surface area contributed by atoms with Gasteiger partial charge < -0.3 is 0 Å². The Morgan fingerprint density at radius 3 is 2.55 bits per heavy atom. The van der Waals surface area contributed by atoms with Gasteiger partial charge in [0, 0.05) is 5.41 Å². The summed E-state index contributed by atoms with van der Waals surface area (Å²) in [7, 11) is 0. The van der Waals surface area contributed by atoms with Crippen LogP contribution in [0.15, 0.2) is 0 Å². The lowest BCUT2D eigenvalue weighted by atomic mass is 9.45. The summed E-state index contributed by atoms with van der Waals surface area (Å²) in [5.41, 5.74) is 0.125. The van der Waals surface area contributed by atoms with Crippen LogP contribution in [-0.4, -0.2) is 12.0 Å². The third kappa shape index (κ3) is 1.85. The summed E-state index contributed by atoms with van der Waals surface area (Å²) in [6, 6.07) is 0. The summed E-state index contributed by atoms with van der Waals surface area (Å²) < 4.78 is 14.2.